The van der Waals surface area contributed by atoms with Crippen molar-refractivity contribution in [3.8, 4) is 0 Å². The van der Waals surface area contributed by atoms with Crippen LogP contribution in [0.25, 0.3) is 0 Å². The zero-order valence-corrected chi connectivity index (χ0v) is 12.3. The van der Waals surface area contributed by atoms with Crippen LogP contribution < -0.4 is 5.32 Å². The second-order valence-corrected chi connectivity index (χ2v) is 5.73. The average molecular weight is 279 g/mol. The van der Waals surface area contributed by atoms with Crippen molar-refractivity contribution in [3.63, 3.8) is 0 Å². The number of nitrogens with one attached hydrogen (secondary N) is 2. The summed E-state index contributed by atoms with van der Waals surface area (Å²) in [6.45, 7) is 8.01. The number of hydrogen-bond acceptors (Lipinski definition) is 5. The molecular weight excluding hydrogens is 262 g/mol. The average Bonchev–Trinajstić information content (AvgIpc) is 2.95. The van der Waals surface area contributed by atoms with Crippen LogP contribution in [-0.2, 0) is 6.42 Å². The summed E-state index contributed by atoms with van der Waals surface area (Å²) in [4.78, 5) is 21.6. The minimum absolute atomic E-state index is 0.148. The normalized spacial score (nSPS) is 11.0. The third-order valence-electron chi connectivity index (χ3n) is 2.70. The Kier molecular flexibility index (Phi) is 3.94. The van der Waals surface area contributed by atoms with Crippen molar-refractivity contribution in [2.45, 2.75) is 40.0 Å². The van der Waals surface area contributed by atoms with Crippen molar-refractivity contribution in [1.29, 1.82) is 0 Å². The summed E-state index contributed by atoms with van der Waals surface area (Å²) >= 11 is 1.47. The molecule has 2 aromatic rings. The molecule has 0 atom stereocenters. The van der Waals surface area contributed by atoms with E-state index in [1.807, 2.05) is 27.7 Å². The summed E-state index contributed by atoms with van der Waals surface area (Å²) in [5, 5.41) is 9.99. The van der Waals surface area contributed by atoms with E-state index >= 15 is 0 Å². The maximum absolute atomic E-state index is 12.0. The Balaban J connectivity index is 2.11. The van der Waals surface area contributed by atoms with E-state index in [4.69, 9.17) is 0 Å². The van der Waals surface area contributed by atoms with Gasteiger partial charge in [-0.3, -0.25) is 15.2 Å². The standard InChI is InChI=1S/C12H17N5OS/c1-5-8-7(4)19-12(13-8)15-11(18)10-14-9(6(2)3)16-17-10/h6H,5H2,1-4H3,(H,13,15,18)(H,14,16,17). The van der Waals surface area contributed by atoms with Crippen LogP contribution in [0.15, 0.2) is 0 Å². The number of amides is 1. The highest BCUT2D eigenvalue weighted by Crippen LogP contribution is 2.22. The lowest BCUT2D eigenvalue weighted by atomic mass is 10.2. The molecule has 0 radical (unpaired) electrons. The summed E-state index contributed by atoms with van der Waals surface area (Å²) in [6.07, 6.45) is 0.857. The molecule has 1 amide bonds. The fourth-order valence-electron chi connectivity index (χ4n) is 1.60. The molecule has 2 rings (SSSR count). The molecule has 2 heterocycles. The molecule has 2 N–H and O–H groups in total. The molecule has 102 valence electrons. The topological polar surface area (TPSA) is 83.6 Å². The van der Waals surface area contributed by atoms with E-state index in [0.717, 1.165) is 17.0 Å². The lowest BCUT2D eigenvalue weighted by molar-refractivity contribution is 0.101. The Labute approximate surface area is 115 Å². The van der Waals surface area contributed by atoms with Crippen LogP contribution >= 0.6 is 11.3 Å². The number of carbonyl (C=O) groups is 1. The van der Waals surface area contributed by atoms with Gasteiger partial charge in [-0.15, -0.1) is 16.4 Å². The first kappa shape index (κ1) is 13.7. The molecule has 2 aromatic heterocycles. The third kappa shape index (κ3) is 2.98. The van der Waals surface area contributed by atoms with Crippen molar-refractivity contribution < 1.29 is 4.79 Å². The minimum Gasteiger partial charge on any atom is -0.295 e. The molecule has 0 aliphatic rings. The zero-order valence-electron chi connectivity index (χ0n) is 11.4. The van der Waals surface area contributed by atoms with Crippen molar-refractivity contribution >= 4 is 22.4 Å². The van der Waals surface area contributed by atoms with Crippen LogP contribution in [0.1, 0.15) is 53.7 Å². The molecule has 0 saturated carbocycles. The Morgan fingerprint density at radius 3 is 2.68 bits per heavy atom. The number of hydrogen-bond donors (Lipinski definition) is 2. The van der Waals surface area contributed by atoms with E-state index in [2.05, 4.69) is 25.5 Å². The van der Waals surface area contributed by atoms with Gasteiger partial charge in [-0.05, 0) is 13.3 Å². The predicted molar refractivity (Wildman–Crippen MR) is 74.7 cm³/mol. The number of nitrogens with zero attached hydrogens (tertiary/aromatic N) is 3. The summed E-state index contributed by atoms with van der Waals surface area (Å²) in [7, 11) is 0. The SMILES string of the molecule is CCc1nc(NC(=O)c2n[nH]c(C(C)C)n2)sc1C. The van der Waals surface area contributed by atoms with Gasteiger partial charge in [-0.25, -0.2) is 9.97 Å². The van der Waals surface area contributed by atoms with Gasteiger partial charge in [0.2, 0.25) is 5.82 Å². The first-order valence-electron chi connectivity index (χ1n) is 6.21. The Morgan fingerprint density at radius 1 is 1.42 bits per heavy atom. The number of aromatic nitrogens is 4. The van der Waals surface area contributed by atoms with Gasteiger partial charge >= 0.3 is 0 Å². The van der Waals surface area contributed by atoms with Crippen LogP contribution in [0.3, 0.4) is 0 Å². The molecule has 7 heteroatoms. The van der Waals surface area contributed by atoms with Gasteiger partial charge in [-0.2, -0.15) is 0 Å². The van der Waals surface area contributed by atoms with Gasteiger partial charge in [0.1, 0.15) is 5.82 Å². The van der Waals surface area contributed by atoms with Gasteiger partial charge in [0.05, 0.1) is 5.69 Å². The number of anilines is 1. The molecule has 0 spiro atoms. The van der Waals surface area contributed by atoms with Crippen LogP contribution in [0.5, 0.6) is 0 Å². The Hall–Kier alpha value is -1.76. The summed E-state index contributed by atoms with van der Waals surface area (Å²) in [5.74, 6) is 0.728. The van der Waals surface area contributed by atoms with Gasteiger partial charge in [0, 0.05) is 10.8 Å². The number of thiazole rings is 1. The monoisotopic (exact) mass is 279 g/mol. The fraction of sp³-hybridized carbons (Fsp3) is 0.500. The second kappa shape index (κ2) is 5.48. The van der Waals surface area contributed by atoms with Crippen LogP contribution in [0, 0.1) is 6.92 Å². The van der Waals surface area contributed by atoms with Gasteiger partial charge in [0.15, 0.2) is 5.13 Å². The quantitative estimate of drug-likeness (QED) is 0.900. The number of rotatable bonds is 4. The third-order valence-corrected chi connectivity index (χ3v) is 3.63. The molecule has 0 bridgehead atoms. The van der Waals surface area contributed by atoms with E-state index in [1.165, 1.54) is 11.3 Å². The van der Waals surface area contributed by atoms with Gasteiger partial charge in [0.25, 0.3) is 5.91 Å². The maximum Gasteiger partial charge on any atom is 0.297 e. The molecule has 0 aliphatic carbocycles. The van der Waals surface area contributed by atoms with Crippen molar-refractivity contribution in [1.82, 2.24) is 20.2 Å². The molecule has 0 saturated heterocycles. The zero-order chi connectivity index (χ0) is 14.0. The van der Waals surface area contributed by atoms with Gasteiger partial charge < -0.3 is 0 Å². The molecule has 0 unspecified atom stereocenters. The first-order valence-corrected chi connectivity index (χ1v) is 7.02. The molecule has 19 heavy (non-hydrogen) atoms. The predicted octanol–water partition coefficient (Wildman–Crippen LogP) is 2.51. The van der Waals surface area contributed by atoms with E-state index in [0.29, 0.717) is 11.0 Å². The fourth-order valence-corrected chi connectivity index (χ4v) is 2.49. The molecule has 6 nitrogen and oxygen atoms in total. The van der Waals surface area contributed by atoms with E-state index < -0.39 is 0 Å². The molecular formula is C12H17N5OS. The Bertz CT molecular complexity index is 587. The summed E-state index contributed by atoms with van der Waals surface area (Å²) in [5.41, 5.74) is 1.01. The van der Waals surface area contributed by atoms with Crippen LogP contribution in [-0.4, -0.2) is 26.1 Å². The number of aryl methyl sites for hydroxylation is 2. The van der Waals surface area contributed by atoms with Crippen molar-refractivity contribution in [2.75, 3.05) is 5.32 Å². The highest BCUT2D eigenvalue weighted by atomic mass is 32.1. The lowest BCUT2D eigenvalue weighted by Gasteiger charge is -1.97. The Morgan fingerprint density at radius 2 is 2.16 bits per heavy atom. The lowest BCUT2D eigenvalue weighted by Crippen LogP contribution is -2.13. The number of carbonyl (C=O) groups excluding carboxylic acids is 1. The van der Waals surface area contributed by atoms with Crippen LogP contribution in [0.2, 0.25) is 0 Å². The molecule has 0 aromatic carbocycles. The van der Waals surface area contributed by atoms with Crippen molar-refractivity contribution in [3.05, 3.63) is 22.2 Å². The number of H-pyrrole nitrogens is 1. The first-order chi connectivity index (χ1) is 9.01. The highest BCUT2D eigenvalue weighted by molar-refractivity contribution is 7.15. The molecule has 0 aliphatic heterocycles. The van der Waals surface area contributed by atoms with E-state index in [1.54, 1.807) is 0 Å². The minimum atomic E-state index is -0.334. The second-order valence-electron chi connectivity index (χ2n) is 4.53. The van der Waals surface area contributed by atoms with E-state index in [-0.39, 0.29) is 17.6 Å². The molecule has 0 fully saturated rings. The van der Waals surface area contributed by atoms with E-state index in [9.17, 15) is 4.79 Å². The highest BCUT2D eigenvalue weighted by Gasteiger charge is 2.16. The van der Waals surface area contributed by atoms with Crippen molar-refractivity contribution in [2.24, 2.45) is 0 Å². The number of aromatic amines is 1. The summed E-state index contributed by atoms with van der Waals surface area (Å²) in [6, 6.07) is 0. The smallest absolute Gasteiger partial charge is 0.295 e. The largest absolute Gasteiger partial charge is 0.297 e. The maximum atomic E-state index is 12.0. The summed E-state index contributed by atoms with van der Waals surface area (Å²) < 4.78 is 0. The van der Waals surface area contributed by atoms with Gasteiger partial charge in [-0.1, -0.05) is 20.8 Å². The van der Waals surface area contributed by atoms with Crippen LogP contribution in [0.4, 0.5) is 5.13 Å².